The van der Waals surface area contributed by atoms with Crippen LogP contribution in [0.4, 0.5) is 39.5 Å². The molecule has 2 aromatic carbocycles. The molecule has 12 nitrogen and oxygen atoms in total. The number of aryl methyl sites for hydroxylation is 3. The van der Waals surface area contributed by atoms with Crippen molar-refractivity contribution in [1.82, 2.24) is 19.6 Å². The van der Waals surface area contributed by atoms with Crippen LogP contribution in [0.25, 0.3) is 5.57 Å². The van der Waals surface area contributed by atoms with E-state index in [-0.39, 0.29) is 27.7 Å². The molecule has 0 bridgehead atoms. The van der Waals surface area contributed by atoms with Gasteiger partial charge in [0.25, 0.3) is 5.60 Å². The third-order valence-electron chi connectivity index (χ3n) is 7.69. The number of methoxy groups -OCH3 is 2. The first kappa shape index (κ1) is 44.5. The molecule has 0 amide bonds. The van der Waals surface area contributed by atoms with Gasteiger partial charge in [-0.2, -0.15) is 49.7 Å². The lowest BCUT2D eigenvalue weighted by Crippen LogP contribution is -2.44. The number of ether oxygens (including phenoxy) is 2. The highest BCUT2D eigenvalue weighted by Crippen LogP contribution is 2.49. The van der Waals surface area contributed by atoms with Crippen molar-refractivity contribution in [1.29, 1.82) is 0 Å². The highest BCUT2D eigenvalue weighted by molar-refractivity contribution is 6.69. The van der Waals surface area contributed by atoms with E-state index < -0.39 is 59.5 Å². The zero-order valence-electron chi connectivity index (χ0n) is 29.6. The number of carbonyl (C=O) groups excluding carboxylic acids is 2. The predicted octanol–water partition coefficient (Wildman–Crippen LogP) is 7.96. The third-order valence-corrected chi connectivity index (χ3v) is 7.99. The molecule has 0 aliphatic carbocycles. The van der Waals surface area contributed by atoms with Crippen molar-refractivity contribution in [2.24, 2.45) is 24.4 Å². The summed E-state index contributed by atoms with van der Waals surface area (Å²) < 4.78 is 128. The highest BCUT2D eigenvalue weighted by Gasteiger charge is 2.64. The van der Waals surface area contributed by atoms with Crippen molar-refractivity contribution in [3.8, 4) is 0 Å². The molecule has 0 radical (unpaired) electrons. The lowest BCUT2D eigenvalue weighted by atomic mass is 9.89. The third kappa shape index (κ3) is 10.3. The summed E-state index contributed by atoms with van der Waals surface area (Å²) in [5.74, 6) is -1.06. The van der Waals surface area contributed by atoms with E-state index in [2.05, 4.69) is 36.6 Å². The molecule has 3 heterocycles. The maximum absolute atomic E-state index is 13.9. The van der Waals surface area contributed by atoms with Crippen LogP contribution in [0.2, 0.25) is 0 Å². The van der Waals surface area contributed by atoms with Crippen LogP contribution in [0.1, 0.15) is 61.0 Å². The van der Waals surface area contributed by atoms with E-state index in [1.54, 1.807) is 19.1 Å². The van der Waals surface area contributed by atoms with E-state index in [4.69, 9.17) is 21.6 Å². The molecule has 0 spiro atoms. The van der Waals surface area contributed by atoms with Gasteiger partial charge in [0.1, 0.15) is 0 Å². The predicted molar refractivity (Wildman–Crippen MR) is 181 cm³/mol. The van der Waals surface area contributed by atoms with Crippen LogP contribution in [0, 0.1) is 6.92 Å². The van der Waals surface area contributed by atoms with Gasteiger partial charge in [-0.1, -0.05) is 52.8 Å². The summed E-state index contributed by atoms with van der Waals surface area (Å²) in [7, 11) is 4.90. The van der Waals surface area contributed by atoms with Crippen molar-refractivity contribution >= 4 is 40.0 Å². The van der Waals surface area contributed by atoms with Crippen LogP contribution < -0.4 is 0 Å². The molecule has 1 atom stereocenters. The van der Waals surface area contributed by atoms with Crippen LogP contribution in [0.3, 0.4) is 0 Å². The van der Waals surface area contributed by atoms with E-state index in [0.717, 1.165) is 7.05 Å². The minimum Gasteiger partial charge on any atom is -0.465 e. The second-order valence-electron chi connectivity index (χ2n) is 11.5. The Morgan fingerprint density at radius 2 is 1.36 bits per heavy atom. The van der Waals surface area contributed by atoms with E-state index >= 15 is 0 Å². The quantitative estimate of drug-likeness (QED) is 0.0679. The van der Waals surface area contributed by atoms with Crippen LogP contribution in [-0.2, 0) is 40.2 Å². The number of oxime groups is 2. The normalized spacial score (nSPS) is 15.7. The molecular weight excluding hydrogens is 795 g/mol. The molecule has 2 aromatic heterocycles. The van der Waals surface area contributed by atoms with Gasteiger partial charge in [0.15, 0.2) is 10.9 Å². The first-order valence-electron chi connectivity index (χ1n) is 15.4. The molecule has 4 aromatic rings. The minimum absolute atomic E-state index is 0.00463. The average Bonchev–Trinajstić information content (AvgIpc) is 3.87. The van der Waals surface area contributed by atoms with Crippen molar-refractivity contribution in [3.63, 3.8) is 0 Å². The molecule has 1 N–H and O–H groups in total. The van der Waals surface area contributed by atoms with Gasteiger partial charge in [-0.3, -0.25) is 9.36 Å². The Bertz CT molecular complexity index is 2110. The molecule has 1 unspecified atom stereocenters. The molecule has 0 saturated carbocycles. The monoisotopic (exact) mass is 824 g/mol. The minimum atomic E-state index is -5.08. The number of halogens is 10. The fourth-order valence-corrected chi connectivity index (χ4v) is 5.01. The number of hydrogen-bond acceptors (Lipinski definition) is 10. The Morgan fingerprint density at radius 3 is 1.75 bits per heavy atom. The SMILES string of the molecule is C=C(c1cc(C)nn1C)C(F)(F)F.COC(=O)c1ccc(/C(Cl)=N/O)cc1.COC(=O)c1ccc(C2=NOC(c3cc(C(F)(F)F)nn3C)(C(F)(F)F)C2)cc1. The number of esters is 2. The lowest BCUT2D eigenvalue weighted by molar-refractivity contribution is -0.278. The van der Waals surface area contributed by atoms with Gasteiger partial charge in [0.05, 0.1) is 60.1 Å². The molecule has 1 aliphatic heterocycles. The van der Waals surface area contributed by atoms with Crippen LogP contribution in [0.15, 0.2) is 77.6 Å². The summed E-state index contributed by atoms with van der Waals surface area (Å²) in [4.78, 5) is 27.2. The molecule has 0 fully saturated rings. The molecule has 1 aliphatic rings. The smallest absolute Gasteiger partial charge is 0.437 e. The van der Waals surface area contributed by atoms with Gasteiger partial charge in [-0.15, -0.1) is 0 Å². The second-order valence-corrected chi connectivity index (χ2v) is 11.8. The second kappa shape index (κ2) is 17.3. The van der Waals surface area contributed by atoms with Crippen LogP contribution in [0.5, 0.6) is 0 Å². The summed E-state index contributed by atoms with van der Waals surface area (Å²) in [5, 5.41) is 21.6. The van der Waals surface area contributed by atoms with Gasteiger partial charge < -0.3 is 19.5 Å². The summed E-state index contributed by atoms with van der Waals surface area (Å²) >= 11 is 5.54. The zero-order chi connectivity index (χ0) is 42.4. The number of nitrogens with zero attached hydrogens (tertiary/aromatic N) is 6. The maximum atomic E-state index is 13.9. The molecule has 0 saturated heterocycles. The standard InChI is InChI=1S/C17H13F6N3O3.C9H8ClNO3.C8H9F3N2/c1-26-13(7-12(24-26)16(18,19)20)15(17(21,22)23)8-11(25-29-15)9-3-5-10(6-4-9)14(27)28-2;1-14-9(12)7-4-2-6(3-5-7)8(10)11-13;1-5-4-7(13(3)12-5)6(2)8(9,10)11/h3-7H,8H2,1-2H3;2-5,13H,1H3;4H,2H2,1,3H3/b;11-8-;. The fraction of sp³-hybridized carbons (Fsp3) is 0.294. The van der Waals surface area contributed by atoms with Gasteiger partial charge >= 0.3 is 30.5 Å². The van der Waals surface area contributed by atoms with Crippen LogP contribution in [-0.4, -0.2) is 74.2 Å². The Balaban J connectivity index is 0.000000259. The number of rotatable bonds is 6. The Morgan fingerprint density at radius 1 is 0.857 bits per heavy atom. The summed E-state index contributed by atoms with van der Waals surface area (Å²) in [5.41, 5.74) is -4.58. The summed E-state index contributed by atoms with van der Waals surface area (Å²) in [6, 6.07) is 13.2. The topological polar surface area (TPSA) is 142 Å². The van der Waals surface area contributed by atoms with Crippen molar-refractivity contribution in [3.05, 3.63) is 112 Å². The van der Waals surface area contributed by atoms with Gasteiger partial charge in [-0.25, -0.2) is 9.59 Å². The summed E-state index contributed by atoms with van der Waals surface area (Å²) in [6.45, 7) is 4.62. The number of benzene rings is 2. The van der Waals surface area contributed by atoms with Crippen molar-refractivity contribution in [2.45, 2.75) is 37.5 Å². The number of alkyl halides is 9. The largest absolute Gasteiger partial charge is 0.465 e. The molecular formula is C34H30ClF9N6O6. The van der Waals surface area contributed by atoms with Gasteiger partial charge in [0.2, 0.25) is 0 Å². The lowest BCUT2D eigenvalue weighted by Gasteiger charge is -2.28. The first-order chi connectivity index (χ1) is 25.9. The van der Waals surface area contributed by atoms with Crippen molar-refractivity contribution < 1.29 is 68.6 Å². The number of hydrogen-bond donors (Lipinski definition) is 1. The zero-order valence-corrected chi connectivity index (χ0v) is 30.4. The Hall–Kier alpha value is -5.86. The Labute approximate surface area is 316 Å². The number of aromatic nitrogens is 4. The van der Waals surface area contributed by atoms with E-state index in [9.17, 15) is 49.1 Å². The Kier molecular flexibility index (Phi) is 13.8. The fourth-order valence-electron chi connectivity index (χ4n) is 4.88. The maximum Gasteiger partial charge on any atom is 0.437 e. The highest BCUT2D eigenvalue weighted by atomic mass is 35.5. The van der Waals surface area contributed by atoms with Crippen molar-refractivity contribution in [2.75, 3.05) is 14.2 Å². The van der Waals surface area contributed by atoms with E-state index in [1.807, 2.05) is 0 Å². The number of allylic oxidation sites excluding steroid dienone is 1. The van der Waals surface area contributed by atoms with E-state index in [0.29, 0.717) is 27.6 Å². The van der Waals surface area contributed by atoms with Gasteiger partial charge in [0, 0.05) is 19.7 Å². The molecule has 302 valence electrons. The van der Waals surface area contributed by atoms with E-state index in [1.165, 1.54) is 68.4 Å². The van der Waals surface area contributed by atoms with Gasteiger partial charge in [-0.05, 0) is 48.9 Å². The molecule has 56 heavy (non-hydrogen) atoms. The summed E-state index contributed by atoms with van der Waals surface area (Å²) in [6.07, 6.45) is -15.3. The first-order valence-corrected chi connectivity index (χ1v) is 15.7. The van der Waals surface area contributed by atoms with Crippen LogP contribution >= 0.6 is 11.6 Å². The molecule has 5 rings (SSSR count). The number of carbonyl (C=O) groups is 2. The average molecular weight is 825 g/mol. The molecule has 22 heteroatoms.